The number of guanidine groups is 1. The molecule has 0 aliphatic carbocycles. The summed E-state index contributed by atoms with van der Waals surface area (Å²) in [5, 5.41) is 3.46. The molecule has 1 N–H and O–H groups in total. The molecule has 2 heterocycles. The van der Waals surface area contributed by atoms with Gasteiger partial charge >= 0.3 is 0 Å². The Morgan fingerprint density at radius 2 is 1.81 bits per heavy atom. The number of anilines is 1. The van der Waals surface area contributed by atoms with Crippen molar-refractivity contribution >= 4 is 35.6 Å². The highest BCUT2D eigenvalue weighted by molar-refractivity contribution is 14.0. The summed E-state index contributed by atoms with van der Waals surface area (Å²) in [6.07, 6.45) is 1.82. The van der Waals surface area contributed by atoms with Crippen LogP contribution in [0.1, 0.15) is 19.8 Å². The molecule has 2 fully saturated rings. The van der Waals surface area contributed by atoms with Crippen molar-refractivity contribution in [2.24, 2.45) is 4.99 Å². The van der Waals surface area contributed by atoms with E-state index in [9.17, 15) is 0 Å². The van der Waals surface area contributed by atoms with Gasteiger partial charge in [-0.3, -0.25) is 4.99 Å². The molecule has 1 aromatic rings. The number of para-hydroxylation sites is 1. The second-order valence-corrected chi connectivity index (χ2v) is 6.98. The lowest BCUT2D eigenvalue weighted by Gasteiger charge is -2.39. The summed E-state index contributed by atoms with van der Waals surface area (Å²) in [5.41, 5.74) is 1.12. The van der Waals surface area contributed by atoms with Crippen molar-refractivity contribution in [3.63, 3.8) is 0 Å². The van der Waals surface area contributed by atoms with Gasteiger partial charge in [0.1, 0.15) is 0 Å². The van der Waals surface area contributed by atoms with Crippen molar-refractivity contribution in [2.45, 2.75) is 25.4 Å². The van der Waals surface area contributed by atoms with E-state index in [0.717, 1.165) is 64.7 Å². The Kier molecular flexibility index (Phi) is 9.11. The van der Waals surface area contributed by atoms with Crippen molar-refractivity contribution in [2.75, 3.05) is 64.5 Å². The molecule has 6 nitrogen and oxygen atoms in total. The topological polar surface area (TPSA) is 49.3 Å². The molecule has 3 rings (SSSR count). The van der Waals surface area contributed by atoms with Gasteiger partial charge in [-0.25, -0.2) is 0 Å². The molecule has 1 aromatic carbocycles. The lowest BCUT2D eigenvalue weighted by atomic mass is 9.94. The molecule has 0 unspecified atom stereocenters. The Hall–Kier alpha value is -1.06. The van der Waals surface area contributed by atoms with E-state index in [1.807, 2.05) is 0 Å². The Morgan fingerprint density at radius 3 is 2.41 bits per heavy atom. The van der Waals surface area contributed by atoms with Crippen LogP contribution in [0.4, 0.5) is 5.69 Å². The maximum absolute atomic E-state index is 5.83. The molecular formula is C20H33IN4O2. The summed E-state index contributed by atoms with van der Waals surface area (Å²) in [6.45, 7) is 9.18. The number of rotatable bonds is 5. The average molecular weight is 488 g/mol. The fourth-order valence-electron chi connectivity index (χ4n) is 3.63. The van der Waals surface area contributed by atoms with Crippen LogP contribution in [-0.2, 0) is 9.47 Å². The molecule has 0 saturated carbocycles. The van der Waals surface area contributed by atoms with Crippen LogP contribution in [0.25, 0.3) is 0 Å². The van der Waals surface area contributed by atoms with E-state index < -0.39 is 0 Å². The second-order valence-electron chi connectivity index (χ2n) is 6.98. The minimum atomic E-state index is -0.176. The van der Waals surface area contributed by atoms with Gasteiger partial charge in [0.25, 0.3) is 0 Å². The lowest BCUT2D eigenvalue weighted by Crippen LogP contribution is -2.53. The summed E-state index contributed by atoms with van der Waals surface area (Å²) in [7, 11) is 1.80. The van der Waals surface area contributed by atoms with Crippen LogP contribution in [0, 0.1) is 0 Å². The third-order valence-electron chi connectivity index (χ3n) is 5.39. The number of methoxy groups -OCH3 is 1. The van der Waals surface area contributed by atoms with Crippen LogP contribution in [0.5, 0.6) is 0 Å². The van der Waals surface area contributed by atoms with Gasteiger partial charge in [0.2, 0.25) is 0 Å². The number of piperazine rings is 1. The van der Waals surface area contributed by atoms with Gasteiger partial charge < -0.3 is 24.6 Å². The van der Waals surface area contributed by atoms with Crippen LogP contribution in [-0.4, -0.2) is 76.1 Å². The van der Waals surface area contributed by atoms with Crippen molar-refractivity contribution in [1.82, 2.24) is 10.2 Å². The Morgan fingerprint density at radius 1 is 1.15 bits per heavy atom. The molecule has 2 aliphatic rings. The predicted molar refractivity (Wildman–Crippen MR) is 121 cm³/mol. The quantitative estimate of drug-likeness (QED) is 0.393. The molecule has 152 valence electrons. The fraction of sp³-hybridized carbons (Fsp3) is 0.650. The van der Waals surface area contributed by atoms with Crippen LogP contribution < -0.4 is 10.2 Å². The first-order chi connectivity index (χ1) is 12.8. The van der Waals surface area contributed by atoms with Crippen LogP contribution >= 0.6 is 24.0 Å². The number of hydrogen-bond donors (Lipinski definition) is 1. The molecule has 0 radical (unpaired) electrons. The second kappa shape index (κ2) is 11.1. The van der Waals surface area contributed by atoms with Gasteiger partial charge in [-0.05, 0) is 19.1 Å². The maximum Gasteiger partial charge on any atom is 0.194 e. The zero-order valence-electron chi connectivity index (χ0n) is 16.5. The van der Waals surface area contributed by atoms with E-state index in [4.69, 9.17) is 14.5 Å². The molecule has 0 amide bonds. The standard InChI is InChI=1S/C20H32N4O2.HI/c1-3-21-19(22-17-20(25-2)9-15-26-16-10-20)24-13-11-23(12-14-24)18-7-5-4-6-8-18;/h4-8H,3,9-17H2,1-2H3,(H,21,22);1H. The summed E-state index contributed by atoms with van der Waals surface area (Å²) in [5.74, 6) is 1.00. The SMILES string of the molecule is CCNC(=NCC1(OC)CCOCC1)N1CCN(c2ccccc2)CC1.I. The highest BCUT2D eigenvalue weighted by Crippen LogP contribution is 2.25. The zero-order chi connectivity index (χ0) is 18.2. The molecule has 7 heteroatoms. The van der Waals surface area contributed by atoms with Gasteiger partial charge in [0, 0.05) is 71.6 Å². The first kappa shape index (κ1) is 22.2. The van der Waals surface area contributed by atoms with Gasteiger partial charge in [-0.2, -0.15) is 0 Å². The van der Waals surface area contributed by atoms with Crippen molar-refractivity contribution in [3.05, 3.63) is 30.3 Å². The van der Waals surface area contributed by atoms with E-state index in [2.05, 4.69) is 52.4 Å². The van der Waals surface area contributed by atoms with Gasteiger partial charge in [-0.15, -0.1) is 24.0 Å². The Labute approximate surface area is 180 Å². The fourth-order valence-corrected chi connectivity index (χ4v) is 3.63. The van der Waals surface area contributed by atoms with E-state index in [1.54, 1.807) is 7.11 Å². The van der Waals surface area contributed by atoms with Crippen LogP contribution in [0.15, 0.2) is 35.3 Å². The number of hydrogen-bond acceptors (Lipinski definition) is 4. The Bertz CT molecular complexity index is 571. The van der Waals surface area contributed by atoms with E-state index in [0.29, 0.717) is 6.54 Å². The monoisotopic (exact) mass is 488 g/mol. The van der Waals surface area contributed by atoms with Gasteiger partial charge in [0.15, 0.2) is 5.96 Å². The predicted octanol–water partition coefficient (Wildman–Crippen LogP) is 2.59. The molecule has 0 atom stereocenters. The van der Waals surface area contributed by atoms with E-state index >= 15 is 0 Å². The maximum atomic E-state index is 5.83. The minimum absolute atomic E-state index is 0. The molecule has 2 aliphatic heterocycles. The van der Waals surface area contributed by atoms with Gasteiger partial charge in [-0.1, -0.05) is 18.2 Å². The van der Waals surface area contributed by atoms with Crippen molar-refractivity contribution < 1.29 is 9.47 Å². The number of nitrogens with one attached hydrogen (secondary N) is 1. The third-order valence-corrected chi connectivity index (χ3v) is 5.39. The van der Waals surface area contributed by atoms with E-state index in [1.165, 1.54) is 5.69 Å². The number of ether oxygens (including phenoxy) is 2. The van der Waals surface area contributed by atoms with Crippen LogP contribution in [0.3, 0.4) is 0 Å². The number of aliphatic imine (C=N–C) groups is 1. The lowest BCUT2D eigenvalue weighted by molar-refractivity contribution is -0.0829. The number of nitrogens with zero attached hydrogens (tertiary/aromatic N) is 3. The van der Waals surface area contributed by atoms with Gasteiger partial charge in [0.05, 0.1) is 12.1 Å². The highest BCUT2D eigenvalue weighted by atomic mass is 127. The summed E-state index contributed by atoms with van der Waals surface area (Å²) in [6, 6.07) is 10.6. The van der Waals surface area contributed by atoms with Crippen molar-refractivity contribution in [3.8, 4) is 0 Å². The number of benzene rings is 1. The largest absolute Gasteiger partial charge is 0.381 e. The van der Waals surface area contributed by atoms with Crippen LogP contribution in [0.2, 0.25) is 0 Å². The Balaban J connectivity index is 0.00000261. The molecule has 2 saturated heterocycles. The molecule has 27 heavy (non-hydrogen) atoms. The smallest absolute Gasteiger partial charge is 0.194 e. The molecule has 0 bridgehead atoms. The third kappa shape index (κ3) is 5.96. The summed E-state index contributed by atoms with van der Waals surface area (Å²) in [4.78, 5) is 9.74. The first-order valence-corrected chi connectivity index (χ1v) is 9.72. The average Bonchev–Trinajstić information content (AvgIpc) is 2.72. The zero-order valence-corrected chi connectivity index (χ0v) is 18.9. The van der Waals surface area contributed by atoms with E-state index in [-0.39, 0.29) is 29.6 Å². The van der Waals surface area contributed by atoms with Crippen molar-refractivity contribution in [1.29, 1.82) is 0 Å². The summed E-state index contributed by atoms with van der Waals surface area (Å²) >= 11 is 0. The molecule has 0 aromatic heterocycles. The highest BCUT2D eigenvalue weighted by Gasteiger charge is 2.32. The first-order valence-electron chi connectivity index (χ1n) is 9.72. The normalized spacial score (nSPS) is 20.1. The molecular weight excluding hydrogens is 455 g/mol. The minimum Gasteiger partial charge on any atom is -0.381 e. The molecule has 0 spiro atoms. The summed E-state index contributed by atoms with van der Waals surface area (Å²) < 4.78 is 11.3. The number of halogens is 1.